The van der Waals surface area contributed by atoms with Crippen molar-refractivity contribution >= 4 is 28.5 Å². The molecule has 3 heterocycles. The van der Waals surface area contributed by atoms with Gasteiger partial charge in [0.05, 0.1) is 6.54 Å². The molecule has 24 heavy (non-hydrogen) atoms. The Bertz CT molecular complexity index is 744. The van der Waals surface area contributed by atoms with Crippen LogP contribution >= 0.6 is 11.6 Å². The van der Waals surface area contributed by atoms with Crippen LogP contribution in [-0.2, 0) is 6.42 Å². The quantitative estimate of drug-likeness (QED) is 0.889. The first kappa shape index (κ1) is 15.8. The number of aryl methyl sites for hydroxylation is 1. The highest BCUT2D eigenvalue weighted by molar-refractivity contribution is 6.31. The highest BCUT2D eigenvalue weighted by atomic mass is 35.5. The topological polar surface area (TPSA) is 51.4 Å². The number of amides is 2. The summed E-state index contributed by atoms with van der Waals surface area (Å²) in [6.45, 7) is 2.54. The van der Waals surface area contributed by atoms with E-state index in [1.807, 2.05) is 17.1 Å². The number of rotatable bonds is 4. The molecule has 6 heteroatoms. The Kier molecular flexibility index (Phi) is 4.37. The minimum atomic E-state index is 0.0589. The van der Waals surface area contributed by atoms with Gasteiger partial charge in [-0.25, -0.2) is 9.80 Å². The monoisotopic (exact) mass is 346 g/mol. The van der Waals surface area contributed by atoms with E-state index in [-0.39, 0.29) is 6.03 Å². The van der Waals surface area contributed by atoms with Crippen LogP contribution in [0.2, 0.25) is 5.02 Å². The molecule has 1 aromatic heterocycles. The van der Waals surface area contributed by atoms with Crippen LogP contribution in [0.4, 0.5) is 4.79 Å². The third kappa shape index (κ3) is 2.98. The third-order valence-corrected chi connectivity index (χ3v) is 5.45. The number of aromatic nitrogens is 1. The lowest BCUT2D eigenvalue weighted by Crippen LogP contribution is -2.52. The van der Waals surface area contributed by atoms with Crippen molar-refractivity contribution in [1.29, 1.82) is 0 Å². The van der Waals surface area contributed by atoms with Gasteiger partial charge in [0.1, 0.15) is 0 Å². The molecule has 5 nitrogen and oxygen atoms in total. The summed E-state index contributed by atoms with van der Waals surface area (Å²) in [6, 6.07) is 6.52. The number of carbonyl (C=O) groups is 1. The van der Waals surface area contributed by atoms with Crippen LogP contribution in [0.3, 0.4) is 0 Å². The number of H-pyrrole nitrogens is 1. The maximum atomic E-state index is 12.0. The van der Waals surface area contributed by atoms with E-state index in [1.54, 1.807) is 0 Å². The molecule has 2 aliphatic rings. The molecule has 0 saturated carbocycles. The number of hydrazine groups is 1. The molecule has 2 fully saturated rings. The van der Waals surface area contributed by atoms with Crippen molar-refractivity contribution in [2.24, 2.45) is 0 Å². The Morgan fingerprint density at radius 3 is 3.00 bits per heavy atom. The van der Waals surface area contributed by atoms with Crippen LogP contribution in [0.1, 0.15) is 31.2 Å². The maximum Gasteiger partial charge on any atom is 0.332 e. The number of piperidine rings is 1. The summed E-state index contributed by atoms with van der Waals surface area (Å²) >= 11 is 6.06. The molecule has 2 saturated heterocycles. The second-order valence-corrected chi connectivity index (χ2v) is 7.15. The number of hydrogen-bond donors (Lipinski definition) is 2. The molecule has 128 valence electrons. The number of hydrogen-bond acceptors (Lipinski definition) is 2. The van der Waals surface area contributed by atoms with E-state index in [9.17, 15) is 4.79 Å². The molecule has 1 unspecified atom stereocenters. The lowest BCUT2D eigenvalue weighted by Gasteiger charge is -2.40. The number of aromatic amines is 1. The average molecular weight is 347 g/mol. The van der Waals surface area contributed by atoms with Crippen LogP contribution in [0, 0.1) is 0 Å². The smallest absolute Gasteiger partial charge is 0.332 e. The summed E-state index contributed by atoms with van der Waals surface area (Å²) in [5.41, 5.74) is 2.43. The first-order valence-corrected chi connectivity index (χ1v) is 9.17. The molecule has 0 aliphatic carbocycles. The standard InChI is InChI=1S/C18H23ClN4O/c19-14-5-7-16-13(12-21-17(16)11-14)4-6-15-3-1-2-9-22(15)23-10-8-20-18(23)24/h5,7,11-12,15,21H,1-4,6,8-10H2,(H,20,24). The van der Waals surface area contributed by atoms with Crippen molar-refractivity contribution in [2.45, 2.75) is 38.1 Å². The summed E-state index contributed by atoms with van der Waals surface area (Å²) in [5, 5.41) is 9.14. The van der Waals surface area contributed by atoms with E-state index in [0.717, 1.165) is 49.4 Å². The molecule has 2 aromatic rings. The summed E-state index contributed by atoms with van der Waals surface area (Å²) in [4.78, 5) is 15.3. The van der Waals surface area contributed by atoms with Gasteiger partial charge < -0.3 is 10.3 Å². The molecule has 2 N–H and O–H groups in total. The van der Waals surface area contributed by atoms with Crippen molar-refractivity contribution in [2.75, 3.05) is 19.6 Å². The molecule has 0 radical (unpaired) electrons. The van der Waals surface area contributed by atoms with Gasteiger partial charge in [-0.2, -0.15) is 0 Å². The molecule has 0 bridgehead atoms. The Balaban J connectivity index is 1.47. The largest absolute Gasteiger partial charge is 0.361 e. The van der Waals surface area contributed by atoms with Gasteiger partial charge in [0, 0.05) is 41.3 Å². The predicted molar refractivity (Wildman–Crippen MR) is 96.1 cm³/mol. The molecular weight excluding hydrogens is 324 g/mol. The Morgan fingerprint density at radius 2 is 2.17 bits per heavy atom. The number of benzene rings is 1. The zero-order valence-corrected chi connectivity index (χ0v) is 14.5. The normalized spacial score (nSPS) is 22.3. The van der Waals surface area contributed by atoms with E-state index in [1.165, 1.54) is 23.8 Å². The number of halogens is 1. The van der Waals surface area contributed by atoms with E-state index in [0.29, 0.717) is 6.04 Å². The van der Waals surface area contributed by atoms with Gasteiger partial charge in [0.15, 0.2) is 0 Å². The van der Waals surface area contributed by atoms with Crippen LogP contribution in [0.25, 0.3) is 10.9 Å². The van der Waals surface area contributed by atoms with E-state index >= 15 is 0 Å². The molecule has 2 amide bonds. The average Bonchev–Trinajstić information content (AvgIpc) is 3.19. The zero-order valence-electron chi connectivity index (χ0n) is 13.7. The van der Waals surface area contributed by atoms with Crippen molar-refractivity contribution in [3.8, 4) is 0 Å². The number of carbonyl (C=O) groups excluding carboxylic acids is 1. The fourth-order valence-corrected chi connectivity index (χ4v) is 4.16. The SMILES string of the molecule is O=C1NCCN1N1CCCCC1CCc1c[nH]c2cc(Cl)ccc12. The van der Waals surface area contributed by atoms with Gasteiger partial charge in [0.25, 0.3) is 0 Å². The number of nitrogens with zero attached hydrogens (tertiary/aromatic N) is 2. The summed E-state index contributed by atoms with van der Waals surface area (Å²) < 4.78 is 0. The van der Waals surface area contributed by atoms with Gasteiger partial charge in [0.2, 0.25) is 0 Å². The predicted octanol–water partition coefficient (Wildman–Crippen LogP) is 3.55. The molecular formula is C18H23ClN4O. The Morgan fingerprint density at radius 1 is 1.25 bits per heavy atom. The maximum absolute atomic E-state index is 12.0. The van der Waals surface area contributed by atoms with Gasteiger partial charge in [-0.05, 0) is 43.4 Å². The van der Waals surface area contributed by atoms with Gasteiger partial charge >= 0.3 is 6.03 Å². The molecule has 1 atom stereocenters. The molecule has 1 aromatic carbocycles. The minimum Gasteiger partial charge on any atom is -0.361 e. The number of urea groups is 1. The Labute approximate surface area is 146 Å². The third-order valence-electron chi connectivity index (χ3n) is 5.22. The summed E-state index contributed by atoms with van der Waals surface area (Å²) in [7, 11) is 0. The Hall–Kier alpha value is -1.72. The van der Waals surface area contributed by atoms with Crippen LogP contribution < -0.4 is 5.32 Å². The molecule has 0 spiro atoms. The lowest BCUT2D eigenvalue weighted by molar-refractivity contribution is -0.0322. The van der Waals surface area contributed by atoms with Gasteiger partial charge in [-0.1, -0.05) is 24.1 Å². The summed E-state index contributed by atoms with van der Waals surface area (Å²) in [5.74, 6) is 0. The number of fused-ring (bicyclic) bond motifs is 1. The second-order valence-electron chi connectivity index (χ2n) is 6.71. The van der Waals surface area contributed by atoms with E-state index in [4.69, 9.17) is 11.6 Å². The zero-order chi connectivity index (χ0) is 16.5. The second kappa shape index (κ2) is 6.65. The number of nitrogens with one attached hydrogen (secondary N) is 2. The molecule has 4 rings (SSSR count). The fraction of sp³-hybridized carbons (Fsp3) is 0.500. The van der Waals surface area contributed by atoms with Crippen LogP contribution in [-0.4, -0.2) is 46.7 Å². The lowest BCUT2D eigenvalue weighted by atomic mass is 9.97. The van der Waals surface area contributed by atoms with Crippen molar-refractivity contribution in [3.63, 3.8) is 0 Å². The van der Waals surface area contributed by atoms with Crippen LogP contribution in [0.15, 0.2) is 24.4 Å². The van der Waals surface area contributed by atoms with E-state index < -0.39 is 0 Å². The highest BCUT2D eigenvalue weighted by Gasteiger charge is 2.32. The van der Waals surface area contributed by atoms with Gasteiger partial charge in [-0.3, -0.25) is 5.01 Å². The summed E-state index contributed by atoms with van der Waals surface area (Å²) in [6.07, 6.45) is 7.76. The van der Waals surface area contributed by atoms with Crippen molar-refractivity contribution < 1.29 is 4.79 Å². The highest BCUT2D eigenvalue weighted by Crippen LogP contribution is 2.27. The van der Waals surface area contributed by atoms with Crippen molar-refractivity contribution in [1.82, 2.24) is 20.3 Å². The first-order chi connectivity index (χ1) is 11.7. The van der Waals surface area contributed by atoms with Crippen molar-refractivity contribution in [3.05, 3.63) is 35.0 Å². The van der Waals surface area contributed by atoms with Crippen LogP contribution in [0.5, 0.6) is 0 Å². The minimum absolute atomic E-state index is 0.0589. The fourth-order valence-electron chi connectivity index (χ4n) is 3.99. The van der Waals surface area contributed by atoms with E-state index in [2.05, 4.69) is 27.6 Å². The molecule has 2 aliphatic heterocycles. The van der Waals surface area contributed by atoms with Gasteiger partial charge in [-0.15, -0.1) is 0 Å². The first-order valence-electron chi connectivity index (χ1n) is 8.80.